The summed E-state index contributed by atoms with van der Waals surface area (Å²) in [6, 6.07) is 15.8. The second kappa shape index (κ2) is 13.9. The number of carbonyl (C=O) groups excluding carboxylic acids is 2. The van der Waals surface area contributed by atoms with Gasteiger partial charge < -0.3 is 15.4 Å². The molecule has 0 radical (unpaired) electrons. The summed E-state index contributed by atoms with van der Waals surface area (Å²) in [7, 11) is 0. The van der Waals surface area contributed by atoms with Crippen LogP contribution in [0.15, 0.2) is 79.1 Å². The van der Waals surface area contributed by atoms with E-state index >= 15 is 0 Å². The van der Waals surface area contributed by atoms with Crippen molar-refractivity contribution in [1.29, 1.82) is 0 Å². The van der Waals surface area contributed by atoms with Crippen molar-refractivity contribution >= 4 is 40.6 Å². The minimum Gasteiger partial charge on any atom is -0.492 e. The molecule has 228 valence electrons. The number of carbonyl (C=O) groups is 2. The average Bonchev–Trinajstić information content (AvgIpc) is 3.52. The Morgan fingerprint density at radius 2 is 1.68 bits per heavy atom. The number of alkyl halides is 3. The first-order chi connectivity index (χ1) is 21.1. The first-order valence-corrected chi connectivity index (χ1v) is 14.4. The molecule has 44 heavy (non-hydrogen) atoms. The van der Waals surface area contributed by atoms with Crippen molar-refractivity contribution in [1.82, 2.24) is 14.9 Å². The molecular formula is C32H29ClF3N5O3. The Balaban J connectivity index is 1.17. The Morgan fingerprint density at radius 1 is 0.932 bits per heavy atom. The van der Waals surface area contributed by atoms with Crippen LogP contribution in [0.5, 0.6) is 5.75 Å². The molecular weight excluding hydrogens is 595 g/mol. The topological polar surface area (TPSA) is 96.5 Å². The summed E-state index contributed by atoms with van der Waals surface area (Å²) in [6.07, 6.45) is 0.879. The second-order valence-electron chi connectivity index (χ2n) is 10.3. The fourth-order valence-corrected chi connectivity index (χ4v) is 4.96. The number of hydrogen-bond donors (Lipinski definition) is 2. The zero-order valence-electron chi connectivity index (χ0n) is 23.5. The van der Waals surface area contributed by atoms with E-state index in [1.807, 2.05) is 24.3 Å². The van der Waals surface area contributed by atoms with Crippen molar-refractivity contribution in [3.8, 4) is 5.75 Å². The van der Waals surface area contributed by atoms with Gasteiger partial charge in [-0.05, 0) is 80.0 Å². The quantitative estimate of drug-likeness (QED) is 0.173. The van der Waals surface area contributed by atoms with Crippen LogP contribution >= 0.6 is 11.6 Å². The van der Waals surface area contributed by atoms with Crippen LogP contribution in [0.2, 0.25) is 5.02 Å². The molecule has 1 saturated heterocycles. The minimum absolute atomic E-state index is 0.0641. The Labute approximate surface area is 257 Å². The van der Waals surface area contributed by atoms with E-state index in [1.54, 1.807) is 0 Å². The molecule has 1 aliphatic rings. The molecule has 0 aliphatic carbocycles. The monoisotopic (exact) mass is 623 g/mol. The van der Waals surface area contributed by atoms with Gasteiger partial charge in [-0.1, -0.05) is 23.7 Å². The first-order valence-electron chi connectivity index (χ1n) is 14.0. The predicted molar refractivity (Wildman–Crippen MR) is 162 cm³/mol. The first kappa shape index (κ1) is 31.0. The Hall–Kier alpha value is -4.48. The van der Waals surface area contributed by atoms with Crippen molar-refractivity contribution in [2.45, 2.75) is 25.4 Å². The number of likely N-dealkylation sites (tertiary alicyclic amines) is 1. The van der Waals surface area contributed by atoms with Crippen LogP contribution in [0.4, 0.5) is 30.5 Å². The van der Waals surface area contributed by atoms with Gasteiger partial charge in [0.2, 0.25) is 5.95 Å². The molecule has 0 saturated carbocycles. The Morgan fingerprint density at radius 3 is 2.43 bits per heavy atom. The van der Waals surface area contributed by atoms with E-state index in [0.717, 1.165) is 49.3 Å². The molecule has 4 aromatic rings. The third kappa shape index (κ3) is 8.33. The number of nitrogens with one attached hydrogen (secondary N) is 2. The second-order valence-corrected chi connectivity index (χ2v) is 10.7. The van der Waals surface area contributed by atoms with Gasteiger partial charge in [0.05, 0.1) is 10.6 Å². The summed E-state index contributed by atoms with van der Waals surface area (Å²) in [4.78, 5) is 36.7. The normalized spacial score (nSPS) is 13.5. The number of amides is 1. The lowest BCUT2D eigenvalue weighted by molar-refractivity contribution is -0.137. The fraction of sp³-hybridized carbons (Fsp3) is 0.250. The van der Waals surface area contributed by atoms with Crippen LogP contribution in [0, 0.1) is 0 Å². The highest BCUT2D eigenvalue weighted by Crippen LogP contribution is 2.30. The lowest BCUT2D eigenvalue weighted by Gasteiger charge is -2.15. The summed E-state index contributed by atoms with van der Waals surface area (Å²) >= 11 is 6.26. The van der Waals surface area contributed by atoms with E-state index in [4.69, 9.17) is 16.3 Å². The lowest BCUT2D eigenvalue weighted by atomic mass is 10.0. The third-order valence-electron chi connectivity index (χ3n) is 7.01. The number of aromatic nitrogens is 2. The number of Topliss-reactive ketones (excluding diaryl/α,β-unsaturated/α-hetero) is 1. The number of rotatable bonds is 11. The maximum atomic E-state index is 13.1. The Bertz CT molecular complexity index is 1630. The summed E-state index contributed by atoms with van der Waals surface area (Å²) in [6.45, 7) is 3.74. The molecule has 5 rings (SSSR count). The summed E-state index contributed by atoms with van der Waals surface area (Å²) in [5.41, 5.74) is 0.518. The van der Waals surface area contributed by atoms with Gasteiger partial charge in [-0.3, -0.25) is 14.5 Å². The zero-order valence-corrected chi connectivity index (χ0v) is 24.3. The van der Waals surface area contributed by atoms with E-state index in [2.05, 4.69) is 25.5 Å². The SMILES string of the molecule is O=C(Nc1ccc(Cl)c(C(=O)Cc2cnc(Nc3cccc(OCCN4CCCC4)c3)nc2)c1)c1cccc(C(F)(F)F)c1. The van der Waals surface area contributed by atoms with Gasteiger partial charge in [-0.15, -0.1) is 0 Å². The van der Waals surface area contributed by atoms with E-state index < -0.39 is 17.6 Å². The maximum absolute atomic E-state index is 13.1. The number of benzene rings is 3. The summed E-state index contributed by atoms with van der Waals surface area (Å²) < 4.78 is 45.0. The number of halogens is 4. The summed E-state index contributed by atoms with van der Waals surface area (Å²) in [5, 5.41) is 5.81. The standard InChI is InChI=1S/C32H29ClF3N5O3/c33-28-10-9-25(39-30(43)22-5-3-6-23(16-22)32(34,35)36)18-27(28)29(42)15-21-19-37-31(38-20-21)40-24-7-4-8-26(17-24)44-14-13-41-11-1-2-12-41/h3-10,16-20H,1-2,11-15H2,(H,39,43)(H,37,38,40). The van der Waals surface area contributed by atoms with Crippen molar-refractivity contribution in [2.75, 3.05) is 36.9 Å². The van der Waals surface area contributed by atoms with Crippen molar-refractivity contribution in [2.24, 2.45) is 0 Å². The largest absolute Gasteiger partial charge is 0.492 e. The molecule has 0 bridgehead atoms. The highest BCUT2D eigenvalue weighted by atomic mass is 35.5. The van der Waals surface area contributed by atoms with Gasteiger partial charge in [-0.25, -0.2) is 9.97 Å². The van der Waals surface area contributed by atoms with Crippen LogP contribution in [0.1, 0.15) is 44.7 Å². The molecule has 1 aromatic heterocycles. The van der Waals surface area contributed by atoms with Crippen LogP contribution in [-0.4, -0.2) is 52.8 Å². The average molecular weight is 624 g/mol. The van der Waals surface area contributed by atoms with Gasteiger partial charge in [0.15, 0.2) is 5.78 Å². The number of ketones is 1. The molecule has 1 amide bonds. The van der Waals surface area contributed by atoms with E-state index in [1.165, 1.54) is 49.5 Å². The van der Waals surface area contributed by atoms with Crippen LogP contribution in [0.25, 0.3) is 0 Å². The molecule has 0 unspecified atom stereocenters. The number of anilines is 3. The third-order valence-corrected chi connectivity index (χ3v) is 7.34. The van der Waals surface area contributed by atoms with Gasteiger partial charge in [0, 0.05) is 53.9 Å². The smallest absolute Gasteiger partial charge is 0.416 e. The summed E-state index contributed by atoms with van der Waals surface area (Å²) in [5.74, 6) is -0.0324. The van der Waals surface area contributed by atoms with Crippen molar-refractivity contribution < 1.29 is 27.5 Å². The highest BCUT2D eigenvalue weighted by Gasteiger charge is 2.31. The minimum atomic E-state index is -4.58. The van der Waals surface area contributed by atoms with Gasteiger partial charge in [-0.2, -0.15) is 13.2 Å². The lowest BCUT2D eigenvalue weighted by Crippen LogP contribution is -2.25. The molecule has 0 atom stereocenters. The van der Waals surface area contributed by atoms with Crippen molar-refractivity contribution in [3.05, 3.63) is 106 Å². The molecule has 8 nitrogen and oxygen atoms in total. The van der Waals surface area contributed by atoms with Gasteiger partial charge >= 0.3 is 6.18 Å². The molecule has 3 aromatic carbocycles. The molecule has 2 heterocycles. The number of nitrogens with zero attached hydrogens (tertiary/aromatic N) is 3. The van der Waals surface area contributed by atoms with E-state index in [9.17, 15) is 22.8 Å². The number of hydrogen-bond acceptors (Lipinski definition) is 7. The van der Waals surface area contributed by atoms with Crippen LogP contribution in [-0.2, 0) is 12.6 Å². The zero-order chi connectivity index (χ0) is 31.1. The Kier molecular flexibility index (Phi) is 9.76. The maximum Gasteiger partial charge on any atom is 0.416 e. The van der Waals surface area contributed by atoms with Gasteiger partial charge in [0.1, 0.15) is 12.4 Å². The molecule has 2 N–H and O–H groups in total. The van der Waals surface area contributed by atoms with E-state index in [0.29, 0.717) is 18.1 Å². The highest BCUT2D eigenvalue weighted by molar-refractivity contribution is 6.34. The van der Waals surface area contributed by atoms with Crippen LogP contribution < -0.4 is 15.4 Å². The molecule has 1 fully saturated rings. The van der Waals surface area contributed by atoms with Gasteiger partial charge in [0.25, 0.3) is 5.91 Å². The molecule has 1 aliphatic heterocycles. The van der Waals surface area contributed by atoms with Crippen LogP contribution in [0.3, 0.4) is 0 Å². The predicted octanol–water partition coefficient (Wildman–Crippen LogP) is 7.04. The molecule has 12 heteroatoms. The number of ether oxygens (including phenoxy) is 1. The van der Waals surface area contributed by atoms with Crippen molar-refractivity contribution in [3.63, 3.8) is 0 Å². The fourth-order valence-electron chi connectivity index (χ4n) is 4.74. The molecule has 0 spiro atoms. The van der Waals surface area contributed by atoms with E-state index in [-0.39, 0.29) is 34.0 Å².